The van der Waals surface area contributed by atoms with Crippen LogP contribution >= 0.6 is 23.4 Å². The molecule has 0 aliphatic carbocycles. The first-order valence-electron chi connectivity index (χ1n) is 10.3. The van der Waals surface area contributed by atoms with Gasteiger partial charge in [0.15, 0.2) is 0 Å². The Morgan fingerprint density at radius 3 is 2.57 bits per heavy atom. The third-order valence-electron chi connectivity index (χ3n) is 4.85. The maximum absolute atomic E-state index is 13.3. The number of anilines is 1. The van der Waals surface area contributed by atoms with Gasteiger partial charge >= 0.3 is 0 Å². The summed E-state index contributed by atoms with van der Waals surface area (Å²) < 4.78 is 32.0. The lowest BCUT2D eigenvalue weighted by atomic mass is 10.2. The summed E-state index contributed by atoms with van der Waals surface area (Å²) in [6.45, 7) is -0.271. The molecule has 0 spiro atoms. The van der Waals surface area contributed by atoms with Gasteiger partial charge < -0.3 is 10.1 Å². The predicted octanol–water partition coefficient (Wildman–Crippen LogP) is 5.87. The van der Waals surface area contributed by atoms with E-state index in [0.29, 0.717) is 11.3 Å². The second kappa shape index (κ2) is 10.7. The van der Waals surface area contributed by atoms with Crippen LogP contribution in [0.1, 0.15) is 11.1 Å². The summed E-state index contributed by atoms with van der Waals surface area (Å²) in [7, 11) is 0. The lowest BCUT2D eigenvalue weighted by Gasteiger charge is -2.12. The quantitative estimate of drug-likeness (QED) is 0.399. The predicted molar refractivity (Wildman–Crippen MR) is 130 cm³/mol. The van der Waals surface area contributed by atoms with E-state index in [9.17, 15) is 23.2 Å². The van der Waals surface area contributed by atoms with Gasteiger partial charge in [-0.15, -0.1) is 0 Å². The highest BCUT2D eigenvalue weighted by Crippen LogP contribution is 2.32. The maximum Gasteiger partial charge on any atom is 0.294 e. The molecule has 0 radical (unpaired) electrons. The average molecular weight is 515 g/mol. The Balaban J connectivity index is 1.39. The molecule has 1 N–H and O–H groups in total. The zero-order valence-corrected chi connectivity index (χ0v) is 19.5. The number of hydrogen-bond donors (Lipinski definition) is 1. The third-order valence-corrected chi connectivity index (χ3v) is 6.05. The van der Waals surface area contributed by atoms with Gasteiger partial charge in [-0.1, -0.05) is 35.9 Å². The Hall–Kier alpha value is -3.69. The van der Waals surface area contributed by atoms with Crippen LogP contribution in [0, 0.1) is 11.6 Å². The normalized spacial score (nSPS) is 14.5. The lowest BCUT2D eigenvalue weighted by molar-refractivity contribution is -0.127. The van der Waals surface area contributed by atoms with Crippen molar-refractivity contribution in [3.8, 4) is 5.75 Å². The van der Waals surface area contributed by atoms with Crippen LogP contribution in [0.2, 0.25) is 5.02 Å². The molecular weight excluding hydrogens is 498 g/mol. The second-order valence-corrected chi connectivity index (χ2v) is 8.83. The number of imide groups is 1. The van der Waals surface area contributed by atoms with Crippen molar-refractivity contribution in [1.82, 2.24) is 4.90 Å². The highest BCUT2D eigenvalue weighted by molar-refractivity contribution is 8.18. The van der Waals surface area contributed by atoms with Crippen LogP contribution in [0.3, 0.4) is 0 Å². The molecule has 3 aromatic rings. The fourth-order valence-electron chi connectivity index (χ4n) is 3.15. The Labute approximate surface area is 208 Å². The number of rotatable bonds is 7. The number of hydrogen-bond acceptors (Lipinski definition) is 5. The monoisotopic (exact) mass is 514 g/mol. The Morgan fingerprint density at radius 1 is 1.06 bits per heavy atom. The van der Waals surface area contributed by atoms with E-state index >= 15 is 0 Å². The van der Waals surface area contributed by atoms with E-state index in [1.54, 1.807) is 36.4 Å². The Morgan fingerprint density at radius 2 is 1.83 bits per heavy atom. The van der Waals surface area contributed by atoms with Crippen molar-refractivity contribution in [3.63, 3.8) is 0 Å². The Bertz CT molecular complexity index is 1330. The first-order valence-corrected chi connectivity index (χ1v) is 11.5. The molecule has 0 unspecified atom stereocenters. The fraction of sp³-hybridized carbons (Fsp3) is 0.0800. The minimum Gasteiger partial charge on any atom is -0.489 e. The zero-order chi connectivity index (χ0) is 24.9. The van der Waals surface area contributed by atoms with Crippen LogP contribution in [0.15, 0.2) is 71.6 Å². The summed E-state index contributed by atoms with van der Waals surface area (Å²) >= 11 is 6.42. The van der Waals surface area contributed by atoms with E-state index < -0.39 is 29.4 Å². The van der Waals surface area contributed by atoms with E-state index in [0.717, 1.165) is 28.3 Å². The fourth-order valence-corrected chi connectivity index (χ4v) is 4.17. The van der Waals surface area contributed by atoms with Crippen molar-refractivity contribution in [2.45, 2.75) is 6.61 Å². The second-order valence-electron chi connectivity index (χ2n) is 7.43. The molecule has 6 nitrogen and oxygen atoms in total. The van der Waals surface area contributed by atoms with E-state index in [-0.39, 0.29) is 28.0 Å². The summed E-state index contributed by atoms with van der Waals surface area (Å²) in [6.07, 6.45) is 1.54. The number of thioether (sulfide) groups is 1. The Kier molecular flexibility index (Phi) is 7.48. The van der Waals surface area contributed by atoms with Crippen LogP contribution in [0.25, 0.3) is 6.08 Å². The van der Waals surface area contributed by atoms with Gasteiger partial charge in [0, 0.05) is 5.69 Å². The summed E-state index contributed by atoms with van der Waals surface area (Å²) in [5.41, 5.74) is 1.65. The number of ether oxygens (including phenoxy) is 1. The van der Waals surface area contributed by atoms with Crippen LogP contribution in [-0.4, -0.2) is 28.5 Å². The van der Waals surface area contributed by atoms with E-state index in [2.05, 4.69) is 5.32 Å². The summed E-state index contributed by atoms with van der Waals surface area (Å²) in [6, 6.07) is 16.5. The minimum atomic E-state index is -0.634. The first kappa shape index (κ1) is 24.4. The van der Waals surface area contributed by atoms with Crippen LogP contribution < -0.4 is 10.1 Å². The summed E-state index contributed by atoms with van der Waals surface area (Å²) in [5.74, 6) is -1.68. The molecule has 1 aliphatic rings. The largest absolute Gasteiger partial charge is 0.489 e. The van der Waals surface area contributed by atoms with Gasteiger partial charge in [0.05, 0.1) is 9.93 Å². The molecule has 178 valence electrons. The molecule has 1 heterocycles. The average Bonchev–Trinajstić information content (AvgIpc) is 3.08. The molecule has 4 rings (SSSR count). The van der Waals surface area contributed by atoms with Crippen molar-refractivity contribution in [3.05, 3.63) is 99.4 Å². The number of amides is 3. The summed E-state index contributed by atoms with van der Waals surface area (Å²) in [5, 5.41) is 1.73. The van der Waals surface area contributed by atoms with Crippen molar-refractivity contribution in [2.24, 2.45) is 0 Å². The van der Waals surface area contributed by atoms with Crippen LogP contribution in [0.5, 0.6) is 5.75 Å². The van der Waals surface area contributed by atoms with Crippen molar-refractivity contribution >= 4 is 52.2 Å². The lowest BCUT2D eigenvalue weighted by Crippen LogP contribution is -2.36. The number of nitrogens with zero attached hydrogens (tertiary/aromatic N) is 1. The van der Waals surface area contributed by atoms with Crippen molar-refractivity contribution in [1.29, 1.82) is 0 Å². The molecule has 0 bridgehead atoms. The number of halogens is 3. The van der Waals surface area contributed by atoms with Gasteiger partial charge in [-0.25, -0.2) is 8.78 Å². The molecule has 3 aromatic carbocycles. The third kappa shape index (κ3) is 6.26. The van der Waals surface area contributed by atoms with Crippen LogP contribution in [0.4, 0.5) is 19.3 Å². The van der Waals surface area contributed by atoms with Gasteiger partial charge in [0.2, 0.25) is 5.91 Å². The number of carbonyl (C=O) groups excluding carboxylic acids is 3. The van der Waals surface area contributed by atoms with Gasteiger partial charge in [-0.3, -0.25) is 19.3 Å². The smallest absolute Gasteiger partial charge is 0.294 e. The molecule has 1 saturated heterocycles. The SMILES string of the molecule is O=C(CN1C(=O)S/C(=C/c2cccc(OCc3ccc(F)cc3)c2)C1=O)Nc1ccc(F)c(Cl)c1. The molecule has 1 fully saturated rings. The highest BCUT2D eigenvalue weighted by atomic mass is 35.5. The highest BCUT2D eigenvalue weighted by Gasteiger charge is 2.36. The molecule has 10 heteroatoms. The molecule has 1 aliphatic heterocycles. The van der Waals surface area contributed by atoms with E-state index in [4.69, 9.17) is 16.3 Å². The molecule has 0 saturated carbocycles. The zero-order valence-electron chi connectivity index (χ0n) is 18.0. The first-order chi connectivity index (χ1) is 16.8. The number of carbonyl (C=O) groups is 3. The topological polar surface area (TPSA) is 75.7 Å². The van der Waals surface area contributed by atoms with Gasteiger partial charge in [-0.2, -0.15) is 0 Å². The van der Waals surface area contributed by atoms with E-state index in [1.165, 1.54) is 30.3 Å². The molecule has 35 heavy (non-hydrogen) atoms. The molecule has 0 aromatic heterocycles. The van der Waals surface area contributed by atoms with Crippen LogP contribution in [-0.2, 0) is 16.2 Å². The van der Waals surface area contributed by atoms with Gasteiger partial charge in [0.1, 0.15) is 30.5 Å². The molecule has 0 atom stereocenters. The van der Waals surface area contributed by atoms with Gasteiger partial charge in [0.25, 0.3) is 11.1 Å². The number of nitrogens with one attached hydrogen (secondary N) is 1. The number of benzene rings is 3. The van der Waals surface area contributed by atoms with Crippen molar-refractivity contribution < 1.29 is 27.9 Å². The maximum atomic E-state index is 13.3. The molecule has 3 amide bonds. The minimum absolute atomic E-state index is 0.156. The van der Waals surface area contributed by atoms with Gasteiger partial charge in [-0.05, 0) is 71.4 Å². The van der Waals surface area contributed by atoms with Crippen molar-refractivity contribution in [2.75, 3.05) is 11.9 Å². The van der Waals surface area contributed by atoms with E-state index in [1.807, 2.05) is 0 Å². The summed E-state index contributed by atoms with van der Waals surface area (Å²) in [4.78, 5) is 38.4. The molecular formula is C25H17ClF2N2O4S. The standard InChI is InChI=1S/C25H17ClF2N2O4S/c26-20-12-18(8-9-21(20)28)29-23(31)13-30-24(32)22(35-25(30)33)11-16-2-1-3-19(10-16)34-14-15-4-6-17(27)7-5-15/h1-12H,13-14H2,(H,29,31)/b22-11+.